The van der Waals surface area contributed by atoms with Crippen LogP contribution in [0, 0.1) is 5.92 Å². The Labute approximate surface area is 96.3 Å². The lowest BCUT2D eigenvalue weighted by Crippen LogP contribution is -2.03. The molecule has 0 aliphatic heterocycles. The van der Waals surface area contributed by atoms with E-state index in [0.717, 1.165) is 12.3 Å². The van der Waals surface area contributed by atoms with Crippen molar-refractivity contribution in [2.75, 3.05) is 6.61 Å². The first kappa shape index (κ1) is 15.0. The predicted octanol–water partition coefficient (Wildman–Crippen LogP) is 4.54. The van der Waals surface area contributed by atoms with Gasteiger partial charge >= 0.3 is 0 Å². The first-order valence-electron chi connectivity index (χ1n) is 6.96. The van der Waals surface area contributed by atoms with Gasteiger partial charge in [0.25, 0.3) is 0 Å². The van der Waals surface area contributed by atoms with E-state index in [9.17, 15) is 0 Å². The Morgan fingerprint density at radius 3 is 1.80 bits per heavy atom. The molecule has 92 valence electrons. The van der Waals surface area contributed by atoms with Gasteiger partial charge in [-0.3, -0.25) is 0 Å². The molecular weight excluding hydrogens is 184 g/mol. The summed E-state index contributed by atoms with van der Waals surface area (Å²) in [6, 6.07) is 0. The van der Waals surface area contributed by atoms with Crippen LogP contribution in [0.4, 0.5) is 0 Å². The van der Waals surface area contributed by atoms with Crippen LogP contribution in [-0.2, 0) is 0 Å². The number of rotatable bonds is 11. The summed E-state index contributed by atoms with van der Waals surface area (Å²) < 4.78 is 0. The van der Waals surface area contributed by atoms with Crippen molar-refractivity contribution in [3.63, 3.8) is 0 Å². The Kier molecular flexibility index (Phi) is 12.0. The molecule has 0 radical (unpaired) electrons. The summed E-state index contributed by atoms with van der Waals surface area (Å²) in [6.07, 6.45) is 13.2. The largest absolute Gasteiger partial charge is 0.396 e. The molecule has 1 heteroatoms. The van der Waals surface area contributed by atoms with Gasteiger partial charge in [-0.05, 0) is 12.3 Å². The molecular formula is C14H30O. The number of aliphatic hydroxyl groups is 1. The van der Waals surface area contributed by atoms with Gasteiger partial charge in [0.15, 0.2) is 0 Å². The summed E-state index contributed by atoms with van der Waals surface area (Å²) >= 11 is 0. The maximum Gasteiger partial charge on any atom is 0.0433 e. The Morgan fingerprint density at radius 1 is 0.733 bits per heavy atom. The topological polar surface area (TPSA) is 20.2 Å². The van der Waals surface area contributed by atoms with Gasteiger partial charge in [0.1, 0.15) is 0 Å². The fourth-order valence-electron chi connectivity index (χ4n) is 2.16. The summed E-state index contributed by atoms with van der Waals surface area (Å²) in [5, 5.41) is 9.00. The first-order chi connectivity index (χ1) is 7.35. The van der Waals surface area contributed by atoms with Crippen molar-refractivity contribution in [2.24, 2.45) is 5.92 Å². The van der Waals surface area contributed by atoms with Crippen LogP contribution in [0.1, 0.15) is 78.1 Å². The third-order valence-electron chi connectivity index (χ3n) is 3.22. The molecule has 0 aliphatic rings. The van der Waals surface area contributed by atoms with E-state index in [2.05, 4.69) is 13.8 Å². The van der Waals surface area contributed by atoms with Crippen molar-refractivity contribution < 1.29 is 5.11 Å². The maximum atomic E-state index is 9.00. The first-order valence-corrected chi connectivity index (χ1v) is 6.96. The Hall–Kier alpha value is -0.0400. The predicted molar refractivity (Wildman–Crippen MR) is 68.1 cm³/mol. The third-order valence-corrected chi connectivity index (χ3v) is 3.22. The number of aliphatic hydroxyl groups excluding tert-OH is 1. The van der Waals surface area contributed by atoms with Crippen LogP contribution in [0.5, 0.6) is 0 Å². The van der Waals surface area contributed by atoms with Crippen LogP contribution >= 0.6 is 0 Å². The van der Waals surface area contributed by atoms with Crippen LogP contribution in [-0.4, -0.2) is 11.7 Å². The zero-order valence-electron chi connectivity index (χ0n) is 10.8. The Balaban J connectivity index is 3.44. The fourth-order valence-corrected chi connectivity index (χ4v) is 2.16. The second-order valence-corrected chi connectivity index (χ2v) is 4.72. The molecule has 0 heterocycles. The SMILES string of the molecule is CCCCCCC(CCO)CCCCC. The summed E-state index contributed by atoms with van der Waals surface area (Å²) in [6.45, 7) is 4.89. The zero-order chi connectivity index (χ0) is 11.4. The summed E-state index contributed by atoms with van der Waals surface area (Å²) in [5.41, 5.74) is 0. The second-order valence-electron chi connectivity index (χ2n) is 4.72. The van der Waals surface area contributed by atoms with Gasteiger partial charge in [0, 0.05) is 6.61 Å². The molecule has 1 N–H and O–H groups in total. The van der Waals surface area contributed by atoms with Gasteiger partial charge in [-0.25, -0.2) is 0 Å². The van der Waals surface area contributed by atoms with Crippen molar-refractivity contribution in [2.45, 2.75) is 78.1 Å². The van der Waals surface area contributed by atoms with Crippen LogP contribution < -0.4 is 0 Å². The second kappa shape index (κ2) is 12.0. The standard InChI is InChI=1S/C14H30O/c1-3-5-7-9-11-14(12-13-15)10-8-6-4-2/h14-15H,3-13H2,1-2H3. The van der Waals surface area contributed by atoms with Gasteiger partial charge in [-0.2, -0.15) is 0 Å². The molecule has 1 unspecified atom stereocenters. The van der Waals surface area contributed by atoms with Crippen LogP contribution in [0.2, 0.25) is 0 Å². The lowest BCUT2D eigenvalue weighted by molar-refractivity contribution is 0.241. The van der Waals surface area contributed by atoms with E-state index in [1.165, 1.54) is 57.8 Å². The van der Waals surface area contributed by atoms with Gasteiger partial charge in [-0.1, -0.05) is 71.6 Å². The van der Waals surface area contributed by atoms with Gasteiger partial charge in [-0.15, -0.1) is 0 Å². The van der Waals surface area contributed by atoms with Crippen molar-refractivity contribution in [1.29, 1.82) is 0 Å². The molecule has 0 fully saturated rings. The Morgan fingerprint density at radius 2 is 1.27 bits per heavy atom. The quantitative estimate of drug-likeness (QED) is 0.501. The fraction of sp³-hybridized carbons (Fsp3) is 1.00. The molecule has 0 amide bonds. The lowest BCUT2D eigenvalue weighted by atomic mass is 9.92. The van der Waals surface area contributed by atoms with E-state index < -0.39 is 0 Å². The van der Waals surface area contributed by atoms with Crippen molar-refractivity contribution in [3.8, 4) is 0 Å². The highest BCUT2D eigenvalue weighted by atomic mass is 16.3. The molecule has 0 saturated carbocycles. The molecule has 0 bridgehead atoms. The zero-order valence-corrected chi connectivity index (χ0v) is 10.8. The Bertz CT molecular complexity index is 112. The van der Waals surface area contributed by atoms with E-state index >= 15 is 0 Å². The molecule has 1 nitrogen and oxygen atoms in total. The van der Waals surface area contributed by atoms with E-state index in [-0.39, 0.29) is 0 Å². The van der Waals surface area contributed by atoms with E-state index in [1.807, 2.05) is 0 Å². The third kappa shape index (κ3) is 10.2. The van der Waals surface area contributed by atoms with Gasteiger partial charge in [0.05, 0.1) is 0 Å². The van der Waals surface area contributed by atoms with Gasteiger partial charge in [0.2, 0.25) is 0 Å². The van der Waals surface area contributed by atoms with Crippen LogP contribution in [0.15, 0.2) is 0 Å². The molecule has 0 aromatic carbocycles. The van der Waals surface area contributed by atoms with Crippen molar-refractivity contribution in [3.05, 3.63) is 0 Å². The van der Waals surface area contributed by atoms with E-state index in [0.29, 0.717) is 6.61 Å². The summed E-state index contributed by atoms with van der Waals surface area (Å²) in [7, 11) is 0. The molecule has 0 aliphatic carbocycles. The molecule has 0 aromatic heterocycles. The summed E-state index contributed by atoms with van der Waals surface area (Å²) in [5.74, 6) is 0.790. The molecule has 0 spiro atoms. The minimum Gasteiger partial charge on any atom is -0.396 e. The number of unbranched alkanes of at least 4 members (excludes halogenated alkanes) is 5. The summed E-state index contributed by atoms with van der Waals surface area (Å²) in [4.78, 5) is 0. The molecule has 1 atom stereocenters. The molecule has 0 rings (SSSR count). The average Bonchev–Trinajstić information content (AvgIpc) is 2.24. The van der Waals surface area contributed by atoms with Gasteiger partial charge < -0.3 is 5.11 Å². The monoisotopic (exact) mass is 214 g/mol. The highest BCUT2D eigenvalue weighted by molar-refractivity contribution is 4.60. The molecule has 15 heavy (non-hydrogen) atoms. The smallest absolute Gasteiger partial charge is 0.0433 e. The highest BCUT2D eigenvalue weighted by Gasteiger charge is 2.07. The average molecular weight is 214 g/mol. The van der Waals surface area contributed by atoms with Crippen molar-refractivity contribution >= 4 is 0 Å². The maximum absolute atomic E-state index is 9.00. The van der Waals surface area contributed by atoms with Crippen LogP contribution in [0.25, 0.3) is 0 Å². The normalized spacial score (nSPS) is 13.0. The number of hydrogen-bond acceptors (Lipinski definition) is 1. The molecule has 0 saturated heterocycles. The van der Waals surface area contributed by atoms with Crippen LogP contribution in [0.3, 0.4) is 0 Å². The minimum atomic E-state index is 0.380. The highest BCUT2D eigenvalue weighted by Crippen LogP contribution is 2.20. The number of hydrogen-bond donors (Lipinski definition) is 1. The molecule has 0 aromatic rings. The van der Waals surface area contributed by atoms with E-state index in [4.69, 9.17) is 5.11 Å². The minimum absolute atomic E-state index is 0.380. The van der Waals surface area contributed by atoms with E-state index in [1.54, 1.807) is 0 Å². The van der Waals surface area contributed by atoms with Crippen molar-refractivity contribution in [1.82, 2.24) is 0 Å². The lowest BCUT2D eigenvalue weighted by Gasteiger charge is -2.15.